The van der Waals surface area contributed by atoms with Crippen molar-refractivity contribution in [1.29, 1.82) is 0 Å². The zero-order valence-corrected chi connectivity index (χ0v) is 50.8. The molecule has 0 spiro atoms. The van der Waals surface area contributed by atoms with E-state index in [1.807, 2.05) is 6.08 Å². The summed E-state index contributed by atoms with van der Waals surface area (Å²) in [6, 6.07) is 0. The number of carbonyl (C=O) groups is 3. The number of hydrogen-bond donors (Lipinski definition) is 0. The summed E-state index contributed by atoms with van der Waals surface area (Å²) in [6.07, 6.45) is 95.8. The van der Waals surface area contributed by atoms with Gasteiger partial charge in [-0.1, -0.05) is 281 Å². The van der Waals surface area contributed by atoms with Gasteiger partial charge in [-0.3, -0.25) is 14.4 Å². The van der Waals surface area contributed by atoms with Gasteiger partial charge in [0.05, 0.1) is 6.42 Å². The topological polar surface area (TPSA) is 78.9 Å². The highest BCUT2D eigenvalue weighted by Crippen LogP contribution is 2.16. The molecule has 79 heavy (non-hydrogen) atoms. The molecular weight excluding hydrogens is 973 g/mol. The first-order valence-electron chi connectivity index (χ1n) is 32.0. The first kappa shape index (κ1) is 74.0. The van der Waals surface area contributed by atoms with Crippen LogP contribution in [0.2, 0.25) is 0 Å². The van der Waals surface area contributed by atoms with Crippen molar-refractivity contribution in [2.45, 2.75) is 271 Å². The van der Waals surface area contributed by atoms with Crippen LogP contribution in [0.5, 0.6) is 0 Å². The van der Waals surface area contributed by atoms with Crippen molar-refractivity contribution in [1.82, 2.24) is 0 Å². The fourth-order valence-corrected chi connectivity index (χ4v) is 8.38. The van der Waals surface area contributed by atoms with Crippen LogP contribution in [0.3, 0.4) is 0 Å². The van der Waals surface area contributed by atoms with E-state index in [1.54, 1.807) is 6.08 Å². The number of unbranched alkanes of at least 4 members (excludes halogenated alkanes) is 20. The molecule has 0 bridgehead atoms. The molecule has 0 saturated heterocycles. The van der Waals surface area contributed by atoms with Gasteiger partial charge in [0, 0.05) is 12.8 Å². The van der Waals surface area contributed by atoms with Crippen LogP contribution >= 0.6 is 0 Å². The maximum absolute atomic E-state index is 12.8. The summed E-state index contributed by atoms with van der Waals surface area (Å²) in [7, 11) is 0. The molecule has 0 rings (SSSR count). The fourth-order valence-electron chi connectivity index (χ4n) is 8.38. The highest BCUT2D eigenvalue weighted by atomic mass is 16.6. The minimum Gasteiger partial charge on any atom is -0.462 e. The van der Waals surface area contributed by atoms with Crippen LogP contribution < -0.4 is 0 Å². The molecular formula is C73H116O6. The lowest BCUT2D eigenvalue weighted by molar-refractivity contribution is -0.166. The van der Waals surface area contributed by atoms with E-state index in [9.17, 15) is 14.4 Å². The Kier molecular flexibility index (Phi) is 61.4. The summed E-state index contributed by atoms with van der Waals surface area (Å²) in [5.74, 6) is -1.11. The van der Waals surface area contributed by atoms with Crippen molar-refractivity contribution >= 4 is 17.9 Å². The van der Waals surface area contributed by atoms with Gasteiger partial charge in [-0.2, -0.15) is 0 Å². The summed E-state index contributed by atoms with van der Waals surface area (Å²) in [6.45, 7) is 6.18. The Morgan fingerprint density at radius 2 is 0.494 bits per heavy atom. The molecule has 444 valence electrons. The van der Waals surface area contributed by atoms with Crippen molar-refractivity contribution in [3.05, 3.63) is 158 Å². The predicted molar refractivity (Wildman–Crippen MR) is 343 cm³/mol. The van der Waals surface area contributed by atoms with Crippen LogP contribution in [0, 0.1) is 0 Å². The van der Waals surface area contributed by atoms with Crippen molar-refractivity contribution in [2.75, 3.05) is 13.2 Å². The van der Waals surface area contributed by atoms with E-state index in [1.165, 1.54) is 103 Å². The third-order valence-corrected chi connectivity index (χ3v) is 13.0. The second-order valence-electron chi connectivity index (χ2n) is 20.5. The maximum atomic E-state index is 12.8. The molecule has 6 heteroatoms. The average molecular weight is 1090 g/mol. The van der Waals surface area contributed by atoms with Crippen LogP contribution in [-0.4, -0.2) is 37.2 Å². The molecule has 0 fully saturated rings. The molecule has 0 aliphatic heterocycles. The summed E-state index contributed by atoms with van der Waals surface area (Å²) >= 11 is 0. The van der Waals surface area contributed by atoms with Gasteiger partial charge in [-0.15, -0.1) is 0 Å². The number of esters is 3. The molecule has 1 atom stereocenters. The molecule has 0 N–H and O–H groups in total. The summed E-state index contributed by atoms with van der Waals surface area (Å²) in [4.78, 5) is 38.2. The Hall–Kier alpha value is -4.97. The number of carbonyl (C=O) groups excluding carboxylic acids is 3. The van der Waals surface area contributed by atoms with Gasteiger partial charge in [-0.25, -0.2) is 0 Å². The van der Waals surface area contributed by atoms with Crippen LogP contribution in [0.4, 0.5) is 0 Å². The largest absolute Gasteiger partial charge is 0.462 e. The second kappa shape index (κ2) is 65.5. The number of allylic oxidation sites excluding steroid dienone is 25. The Labute approximate surface area is 486 Å². The minimum atomic E-state index is -0.856. The van der Waals surface area contributed by atoms with E-state index in [-0.39, 0.29) is 38.0 Å². The van der Waals surface area contributed by atoms with E-state index < -0.39 is 12.1 Å². The normalized spacial score (nSPS) is 13.2. The van der Waals surface area contributed by atoms with Gasteiger partial charge >= 0.3 is 17.9 Å². The highest BCUT2D eigenvalue weighted by molar-refractivity contribution is 5.72. The zero-order chi connectivity index (χ0) is 57.1. The molecule has 6 nitrogen and oxygen atoms in total. The predicted octanol–water partition coefficient (Wildman–Crippen LogP) is 22.1. The van der Waals surface area contributed by atoms with E-state index in [4.69, 9.17) is 14.2 Å². The van der Waals surface area contributed by atoms with Crippen LogP contribution in [-0.2, 0) is 28.6 Å². The Morgan fingerprint density at radius 3 is 0.797 bits per heavy atom. The van der Waals surface area contributed by atoms with Gasteiger partial charge in [0.15, 0.2) is 6.10 Å². The molecule has 1 unspecified atom stereocenters. The molecule has 0 radical (unpaired) electrons. The van der Waals surface area contributed by atoms with Crippen molar-refractivity contribution in [2.24, 2.45) is 0 Å². The van der Waals surface area contributed by atoms with Crippen molar-refractivity contribution in [3.63, 3.8) is 0 Å². The molecule has 0 aromatic heterocycles. The Bertz CT molecular complexity index is 1780. The van der Waals surface area contributed by atoms with Crippen LogP contribution in [0.15, 0.2) is 158 Å². The molecule has 0 saturated carbocycles. The molecule has 0 aromatic carbocycles. The molecule has 0 aliphatic rings. The van der Waals surface area contributed by atoms with E-state index >= 15 is 0 Å². The van der Waals surface area contributed by atoms with Gasteiger partial charge in [0.1, 0.15) is 13.2 Å². The van der Waals surface area contributed by atoms with E-state index in [2.05, 4.69) is 167 Å². The van der Waals surface area contributed by atoms with Crippen LogP contribution in [0.25, 0.3) is 0 Å². The lowest BCUT2D eigenvalue weighted by Gasteiger charge is -2.18. The first-order valence-corrected chi connectivity index (χ1v) is 32.0. The lowest BCUT2D eigenvalue weighted by atomic mass is 10.0. The zero-order valence-electron chi connectivity index (χ0n) is 50.8. The third-order valence-electron chi connectivity index (χ3n) is 13.0. The third kappa shape index (κ3) is 63.7. The average Bonchev–Trinajstić information content (AvgIpc) is 3.45. The van der Waals surface area contributed by atoms with E-state index in [0.29, 0.717) is 19.3 Å². The number of hydrogen-bond acceptors (Lipinski definition) is 6. The van der Waals surface area contributed by atoms with Gasteiger partial charge < -0.3 is 14.2 Å². The van der Waals surface area contributed by atoms with E-state index in [0.717, 1.165) is 109 Å². The smallest absolute Gasteiger partial charge is 0.310 e. The molecule has 0 heterocycles. The first-order chi connectivity index (χ1) is 39.0. The molecule has 0 aliphatic carbocycles. The summed E-state index contributed by atoms with van der Waals surface area (Å²) < 4.78 is 16.7. The van der Waals surface area contributed by atoms with Crippen molar-refractivity contribution < 1.29 is 28.6 Å². The quantitative estimate of drug-likeness (QED) is 0.0261. The highest BCUT2D eigenvalue weighted by Gasteiger charge is 2.19. The standard InChI is InChI=1S/C73H116O6/c1-4-7-10-13-16-19-22-25-28-29-30-31-32-33-34-35-36-37-38-39-40-41-42-43-46-48-51-54-57-60-63-66-72(75)78-69-70(79-73(76)67-64-61-58-55-52-49-45-27-24-21-18-15-12-9-6-3)68-77-71(74)65-62-59-56-53-50-47-44-26-23-20-17-14-11-8-5-2/h7-12,16-21,25-28,30-31,44-45,50,52-53,55,61,64,70H,4-6,13-15,22-24,29,32-43,46-49,51,54,56-60,62-63,65-69H2,1-3H3/b10-7-,11-8-,12-9-,19-16-,20-17-,21-18-,28-25-,31-30-,44-26-,45-27-,53-50-,55-52-,64-61-. The monoisotopic (exact) mass is 1090 g/mol. The van der Waals surface area contributed by atoms with Crippen LogP contribution in [0.1, 0.15) is 265 Å². The Morgan fingerprint density at radius 1 is 0.266 bits per heavy atom. The van der Waals surface area contributed by atoms with Gasteiger partial charge in [0.25, 0.3) is 0 Å². The maximum Gasteiger partial charge on any atom is 0.310 e. The molecule has 0 aromatic rings. The van der Waals surface area contributed by atoms with Crippen molar-refractivity contribution in [3.8, 4) is 0 Å². The SMILES string of the molecule is CC/C=C\C/C=C\C/C=C\C/C=C\C/C=C\CC(=O)OC(COC(=O)CCCC/C=C\C/C=C\C/C=C\C/C=C\CC)COC(=O)CCCCCCCCCCCCCCCCCCCC/C=C\C/C=C\C/C=C\C/C=C\CC. The Balaban J connectivity index is 4.32. The lowest BCUT2D eigenvalue weighted by Crippen LogP contribution is -2.30. The second-order valence-corrected chi connectivity index (χ2v) is 20.5. The minimum absolute atomic E-state index is 0.0824. The fraction of sp³-hybridized carbons (Fsp3) is 0.603. The summed E-state index contributed by atoms with van der Waals surface area (Å²) in [5, 5.41) is 0. The number of ether oxygens (including phenoxy) is 3. The number of rotatable bonds is 56. The van der Waals surface area contributed by atoms with Gasteiger partial charge in [0.2, 0.25) is 0 Å². The van der Waals surface area contributed by atoms with Gasteiger partial charge in [-0.05, 0) is 122 Å². The summed E-state index contributed by atoms with van der Waals surface area (Å²) in [5.41, 5.74) is 0. The molecule has 0 amide bonds.